The first-order valence-corrected chi connectivity index (χ1v) is 5.80. The molecule has 0 aliphatic heterocycles. The van der Waals surface area contributed by atoms with E-state index in [0.29, 0.717) is 17.8 Å². The number of anilines is 2. The Bertz CT molecular complexity index is 552. The van der Waals surface area contributed by atoms with Crippen molar-refractivity contribution in [1.29, 1.82) is 0 Å². The van der Waals surface area contributed by atoms with Crippen LogP contribution in [0.25, 0.3) is 0 Å². The minimum atomic E-state index is -0.534. The Morgan fingerprint density at radius 3 is 3.00 bits per heavy atom. The highest BCUT2D eigenvalue weighted by Gasteiger charge is 2.08. The molecule has 8 heteroatoms. The lowest BCUT2D eigenvalue weighted by Crippen LogP contribution is -2.16. The van der Waals surface area contributed by atoms with Gasteiger partial charge in [-0.1, -0.05) is 5.21 Å². The van der Waals surface area contributed by atoms with Crippen LogP contribution >= 0.6 is 0 Å². The maximum atomic E-state index is 11.3. The number of amides is 1. The first-order chi connectivity index (χ1) is 9.16. The highest BCUT2D eigenvalue weighted by atomic mass is 16.1. The van der Waals surface area contributed by atoms with Crippen LogP contribution in [0.15, 0.2) is 24.7 Å². The summed E-state index contributed by atoms with van der Waals surface area (Å²) in [6, 6.07) is 1.46. The molecule has 2 aromatic rings. The van der Waals surface area contributed by atoms with E-state index >= 15 is 0 Å². The number of primary amides is 1. The standard InChI is InChI=1S/C11H15N7O/c12-10-6-8(11(13)19)9(7-15-10)14-2-1-4-18-5-3-16-17-18/h3,5-7,14H,1-2,4H2,(H2,12,15)(H2,13,19). The summed E-state index contributed by atoms with van der Waals surface area (Å²) in [5.41, 5.74) is 11.7. The van der Waals surface area contributed by atoms with E-state index in [4.69, 9.17) is 11.5 Å². The molecule has 100 valence electrons. The zero-order valence-electron chi connectivity index (χ0n) is 10.3. The number of aromatic nitrogens is 4. The van der Waals surface area contributed by atoms with Crippen molar-refractivity contribution >= 4 is 17.4 Å². The molecule has 1 amide bonds. The Labute approximate surface area is 109 Å². The average molecular weight is 261 g/mol. The van der Waals surface area contributed by atoms with Crippen LogP contribution in [0.4, 0.5) is 11.5 Å². The summed E-state index contributed by atoms with van der Waals surface area (Å²) in [5.74, 6) is -0.269. The Morgan fingerprint density at radius 1 is 1.47 bits per heavy atom. The van der Waals surface area contributed by atoms with Gasteiger partial charge in [0.25, 0.3) is 5.91 Å². The van der Waals surface area contributed by atoms with Gasteiger partial charge in [0.1, 0.15) is 5.82 Å². The Hall–Kier alpha value is -2.64. The molecule has 0 unspecified atom stereocenters. The number of carbonyl (C=O) groups is 1. The van der Waals surface area contributed by atoms with Gasteiger partial charge >= 0.3 is 0 Å². The maximum absolute atomic E-state index is 11.3. The summed E-state index contributed by atoms with van der Waals surface area (Å²) in [6.07, 6.45) is 5.75. The van der Waals surface area contributed by atoms with Crippen LogP contribution in [0, 0.1) is 0 Å². The topological polar surface area (TPSA) is 125 Å². The first kappa shape index (κ1) is 12.8. The second-order valence-electron chi connectivity index (χ2n) is 3.97. The predicted molar refractivity (Wildman–Crippen MR) is 70.3 cm³/mol. The van der Waals surface area contributed by atoms with E-state index in [-0.39, 0.29) is 5.82 Å². The number of pyridine rings is 1. The number of rotatable bonds is 6. The molecule has 0 aromatic carbocycles. The second kappa shape index (κ2) is 5.80. The van der Waals surface area contributed by atoms with Crippen molar-refractivity contribution in [2.45, 2.75) is 13.0 Å². The van der Waals surface area contributed by atoms with E-state index in [1.54, 1.807) is 17.1 Å². The van der Waals surface area contributed by atoms with Crippen molar-refractivity contribution in [3.05, 3.63) is 30.2 Å². The van der Waals surface area contributed by atoms with Crippen LogP contribution in [-0.4, -0.2) is 32.4 Å². The van der Waals surface area contributed by atoms with Gasteiger partial charge in [0.05, 0.1) is 23.6 Å². The van der Waals surface area contributed by atoms with Gasteiger partial charge in [-0.2, -0.15) is 0 Å². The fraction of sp³-hybridized carbons (Fsp3) is 0.273. The van der Waals surface area contributed by atoms with Crippen LogP contribution < -0.4 is 16.8 Å². The number of nitrogens with one attached hydrogen (secondary N) is 1. The fourth-order valence-electron chi connectivity index (χ4n) is 1.63. The highest BCUT2D eigenvalue weighted by molar-refractivity contribution is 5.98. The average Bonchev–Trinajstić information content (AvgIpc) is 2.89. The van der Waals surface area contributed by atoms with E-state index < -0.39 is 5.91 Å². The van der Waals surface area contributed by atoms with Crippen LogP contribution in [-0.2, 0) is 6.54 Å². The van der Waals surface area contributed by atoms with Crippen molar-refractivity contribution in [3.8, 4) is 0 Å². The summed E-state index contributed by atoms with van der Waals surface area (Å²) in [6.45, 7) is 1.40. The van der Waals surface area contributed by atoms with E-state index in [0.717, 1.165) is 13.0 Å². The lowest BCUT2D eigenvalue weighted by Gasteiger charge is -2.10. The van der Waals surface area contributed by atoms with Crippen LogP contribution in [0.5, 0.6) is 0 Å². The van der Waals surface area contributed by atoms with E-state index in [1.807, 2.05) is 0 Å². The number of hydrogen-bond donors (Lipinski definition) is 3. The van der Waals surface area contributed by atoms with Crippen LogP contribution in [0.3, 0.4) is 0 Å². The van der Waals surface area contributed by atoms with Crippen molar-refractivity contribution < 1.29 is 4.79 Å². The van der Waals surface area contributed by atoms with Gasteiger partial charge in [0.15, 0.2) is 0 Å². The predicted octanol–water partition coefficient (Wildman–Crippen LogP) is -0.144. The van der Waals surface area contributed by atoms with Gasteiger partial charge in [0, 0.05) is 19.3 Å². The summed E-state index contributed by atoms with van der Waals surface area (Å²) in [5, 5.41) is 10.7. The van der Waals surface area contributed by atoms with E-state index in [2.05, 4.69) is 20.6 Å². The molecule has 0 aliphatic rings. The number of aryl methyl sites for hydroxylation is 1. The third-order valence-corrected chi connectivity index (χ3v) is 2.54. The van der Waals surface area contributed by atoms with Crippen molar-refractivity contribution in [3.63, 3.8) is 0 Å². The Morgan fingerprint density at radius 2 is 2.32 bits per heavy atom. The summed E-state index contributed by atoms with van der Waals surface area (Å²) in [7, 11) is 0. The molecular formula is C11H15N7O. The SMILES string of the molecule is NC(=O)c1cc(N)ncc1NCCCn1ccnn1. The quantitative estimate of drug-likeness (QED) is 0.621. The van der Waals surface area contributed by atoms with Gasteiger partial charge < -0.3 is 16.8 Å². The van der Waals surface area contributed by atoms with Crippen LogP contribution in [0.2, 0.25) is 0 Å². The molecule has 2 heterocycles. The number of nitrogens with zero attached hydrogens (tertiary/aromatic N) is 4. The van der Waals surface area contributed by atoms with Crippen molar-refractivity contribution in [1.82, 2.24) is 20.0 Å². The summed E-state index contributed by atoms with van der Waals surface area (Å²) in [4.78, 5) is 15.2. The molecule has 0 fully saturated rings. The third kappa shape index (κ3) is 3.41. The normalized spacial score (nSPS) is 10.3. The van der Waals surface area contributed by atoms with Crippen molar-refractivity contribution in [2.75, 3.05) is 17.6 Å². The zero-order chi connectivity index (χ0) is 13.7. The molecule has 2 aromatic heterocycles. The molecule has 0 saturated carbocycles. The van der Waals surface area contributed by atoms with Gasteiger partial charge in [0.2, 0.25) is 0 Å². The van der Waals surface area contributed by atoms with Crippen molar-refractivity contribution in [2.24, 2.45) is 5.73 Å². The maximum Gasteiger partial charge on any atom is 0.250 e. The highest BCUT2D eigenvalue weighted by Crippen LogP contribution is 2.15. The lowest BCUT2D eigenvalue weighted by atomic mass is 10.2. The summed E-state index contributed by atoms with van der Waals surface area (Å²) < 4.78 is 1.73. The minimum Gasteiger partial charge on any atom is -0.384 e. The molecule has 8 nitrogen and oxygen atoms in total. The number of hydrogen-bond acceptors (Lipinski definition) is 6. The molecule has 0 spiro atoms. The molecule has 0 atom stereocenters. The molecule has 0 bridgehead atoms. The first-order valence-electron chi connectivity index (χ1n) is 5.80. The molecule has 5 N–H and O–H groups in total. The summed E-state index contributed by atoms with van der Waals surface area (Å²) >= 11 is 0. The largest absolute Gasteiger partial charge is 0.384 e. The molecule has 0 saturated heterocycles. The van der Waals surface area contributed by atoms with Gasteiger partial charge in [-0.3, -0.25) is 9.48 Å². The third-order valence-electron chi connectivity index (χ3n) is 2.54. The lowest BCUT2D eigenvalue weighted by molar-refractivity contribution is 0.100. The minimum absolute atomic E-state index is 0.266. The molecule has 2 rings (SSSR count). The fourth-order valence-corrected chi connectivity index (χ4v) is 1.63. The van der Waals surface area contributed by atoms with Gasteiger partial charge in [-0.05, 0) is 12.5 Å². The monoisotopic (exact) mass is 261 g/mol. The van der Waals surface area contributed by atoms with Gasteiger partial charge in [-0.25, -0.2) is 4.98 Å². The van der Waals surface area contributed by atoms with Crippen LogP contribution in [0.1, 0.15) is 16.8 Å². The smallest absolute Gasteiger partial charge is 0.250 e. The molecular weight excluding hydrogens is 246 g/mol. The van der Waals surface area contributed by atoms with E-state index in [9.17, 15) is 4.79 Å². The molecule has 0 aliphatic carbocycles. The molecule has 19 heavy (non-hydrogen) atoms. The van der Waals surface area contributed by atoms with E-state index in [1.165, 1.54) is 12.3 Å². The molecule has 0 radical (unpaired) electrons. The number of nitrogen functional groups attached to an aromatic ring is 1. The number of nitrogens with two attached hydrogens (primary N) is 2. The Kier molecular flexibility index (Phi) is 3.91. The zero-order valence-corrected chi connectivity index (χ0v) is 10.3. The Balaban J connectivity index is 1.90. The second-order valence-corrected chi connectivity index (χ2v) is 3.97. The number of carbonyl (C=O) groups excluding carboxylic acids is 1. The van der Waals surface area contributed by atoms with Gasteiger partial charge in [-0.15, -0.1) is 5.10 Å².